The van der Waals surface area contributed by atoms with Crippen LogP contribution >= 0.6 is 0 Å². The van der Waals surface area contributed by atoms with Gasteiger partial charge in [0.15, 0.2) is 5.65 Å². The molecule has 0 aliphatic carbocycles. The van der Waals surface area contributed by atoms with E-state index in [2.05, 4.69) is 31.2 Å². The van der Waals surface area contributed by atoms with Gasteiger partial charge in [0.05, 0.1) is 0 Å². The van der Waals surface area contributed by atoms with E-state index in [9.17, 15) is 4.79 Å². The minimum Gasteiger partial charge on any atom is -0.321 e. The van der Waals surface area contributed by atoms with Crippen molar-refractivity contribution in [1.29, 1.82) is 0 Å². The first kappa shape index (κ1) is 13.6. The summed E-state index contributed by atoms with van der Waals surface area (Å²) in [7, 11) is 0. The molecule has 0 spiro atoms. The second-order valence-corrected chi connectivity index (χ2v) is 5.23. The van der Waals surface area contributed by atoms with Crippen molar-refractivity contribution in [2.45, 2.75) is 33.6 Å². The number of hydrogen-bond acceptors (Lipinski definition) is 3. The first-order valence-corrected chi connectivity index (χ1v) is 6.87. The number of fused-ring (bicyclic) bond motifs is 1. The second kappa shape index (κ2) is 5.87. The molecule has 0 amide bonds. The Bertz CT molecular complexity index is 616. The summed E-state index contributed by atoms with van der Waals surface area (Å²) in [6.07, 6.45) is 3.48. The Morgan fingerprint density at radius 1 is 1.42 bits per heavy atom. The SMILES string of the molecule is CCCc1cc2cccnc2n(NCC(C)C)c1=O. The molecule has 102 valence electrons. The zero-order valence-corrected chi connectivity index (χ0v) is 11.8. The first-order chi connectivity index (χ1) is 9.13. The summed E-state index contributed by atoms with van der Waals surface area (Å²) in [6, 6.07) is 5.85. The molecule has 0 aliphatic rings. The zero-order valence-electron chi connectivity index (χ0n) is 11.8. The van der Waals surface area contributed by atoms with E-state index in [-0.39, 0.29) is 5.56 Å². The third kappa shape index (κ3) is 2.95. The molecule has 4 nitrogen and oxygen atoms in total. The number of nitrogens with one attached hydrogen (secondary N) is 1. The molecule has 2 rings (SSSR count). The van der Waals surface area contributed by atoms with Gasteiger partial charge in [-0.25, -0.2) is 9.66 Å². The molecule has 2 heterocycles. The van der Waals surface area contributed by atoms with Crippen LogP contribution < -0.4 is 11.0 Å². The molecule has 2 aromatic rings. The normalized spacial score (nSPS) is 11.2. The maximum Gasteiger partial charge on any atom is 0.274 e. The average Bonchev–Trinajstić information content (AvgIpc) is 2.39. The fraction of sp³-hybridized carbons (Fsp3) is 0.467. The van der Waals surface area contributed by atoms with Gasteiger partial charge in [-0.15, -0.1) is 0 Å². The van der Waals surface area contributed by atoms with E-state index in [1.165, 1.54) is 0 Å². The minimum absolute atomic E-state index is 0.0219. The molecule has 0 aliphatic heterocycles. The van der Waals surface area contributed by atoms with Crippen LogP contribution in [-0.2, 0) is 6.42 Å². The Morgan fingerprint density at radius 3 is 2.89 bits per heavy atom. The third-order valence-electron chi connectivity index (χ3n) is 3.01. The van der Waals surface area contributed by atoms with Gasteiger partial charge in [-0.3, -0.25) is 4.79 Å². The lowest BCUT2D eigenvalue weighted by atomic mass is 10.1. The highest BCUT2D eigenvalue weighted by Crippen LogP contribution is 2.11. The molecular weight excluding hydrogens is 238 g/mol. The molecule has 0 saturated carbocycles. The molecule has 0 aromatic carbocycles. The fourth-order valence-electron chi connectivity index (χ4n) is 2.07. The topological polar surface area (TPSA) is 46.9 Å². The van der Waals surface area contributed by atoms with Gasteiger partial charge in [-0.05, 0) is 30.5 Å². The van der Waals surface area contributed by atoms with Crippen LogP contribution in [0.1, 0.15) is 32.8 Å². The number of rotatable bonds is 5. The quantitative estimate of drug-likeness (QED) is 0.897. The summed E-state index contributed by atoms with van der Waals surface area (Å²) in [5.74, 6) is 0.473. The number of aromatic nitrogens is 2. The average molecular weight is 259 g/mol. The molecule has 4 heteroatoms. The van der Waals surface area contributed by atoms with E-state index < -0.39 is 0 Å². The second-order valence-electron chi connectivity index (χ2n) is 5.23. The third-order valence-corrected chi connectivity index (χ3v) is 3.01. The van der Waals surface area contributed by atoms with Gasteiger partial charge in [0, 0.05) is 23.7 Å². The number of nitrogens with zero attached hydrogens (tertiary/aromatic N) is 2. The van der Waals surface area contributed by atoms with E-state index in [0.717, 1.165) is 30.3 Å². The molecule has 19 heavy (non-hydrogen) atoms. The van der Waals surface area contributed by atoms with Crippen molar-refractivity contribution in [1.82, 2.24) is 9.66 Å². The molecule has 0 radical (unpaired) electrons. The van der Waals surface area contributed by atoms with Crippen LogP contribution in [0.3, 0.4) is 0 Å². The summed E-state index contributed by atoms with van der Waals surface area (Å²) in [4.78, 5) is 16.8. The van der Waals surface area contributed by atoms with Gasteiger partial charge in [-0.1, -0.05) is 27.2 Å². The standard InChI is InChI=1S/C15H21N3O/c1-4-6-13-9-12-7-5-8-16-14(12)18(15(13)19)17-10-11(2)3/h5,7-9,11,17H,4,6,10H2,1-3H3. The largest absolute Gasteiger partial charge is 0.321 e. The Kier molecular flexibility index (Phi) is 4.20. The van der Waals surface area contributed by atoms with Gasteiger partial charge >= 0.3 is 0 Å². The molecule has 0 bridgehead atoms. The van der Waals surface area contributed by atoms with E-state index in [4.69, 9.17) is 0 Å². The van der Waals surface area contributed by atoms with Crippen molar-refractivity contribution in [3.63, 3.8) is 0 Å². The number of aryl methyl sites for hydroxylation is 1. The van der Waals surface area contributed by atoms with E-state index in [0.29, 0.717) is 11.6 Å². The van der Waals surface area contributed by atoms with Gasteiger partial charge in [0.25, 0.3) is 5.56 Å². The van der Waals surface area contributed by atoms with Crippen molar-refractivity contribution in [2.75, 3.05) is 12.0 Å². The highest BCUT2D eigenvalue weighted by atomic mass is 16.1. The lowest BCUT2D eigenvalue weighted by Crippen LogP contribution is -2.33. The first-order valence-electron chi connectivity index (χ1n) is 6.87. The van der Waals surface area contributed by atoms with Crippen LogP contribution in [0, 0.1) is 5.92 Å². The summed E-state index contributed by atoms with van der Waals surface area (Å²) >= 11 is 0. The van der Waals surface area contributed by atoms with Gasteiger partial charge in [0.1, 0.15) is 0 Å². The zero-order chi connectivity index (χ0) is 13.8. The Balaban J connectivity index is 2.56. The van der Waals surface area contributed by atoms with Crippen molar-refractivity contribution in [3.05, 3.63) is 40.3 Å². The predicted molar refractivity (Wildman–Crippen MR) is 79.1 cm³/mol. The molecule has 0 fully saturated rings. The number of hydrogen-bond donors (Lipinski definition) is 1. The van der Waals surface area contributed by atoms with Crippen LogP contribution in [0.4, 0.5) is 0 Å². The van der Waals surface area contributed by atoms with Crippen molar-refractivity contribution in [3.8, 4) is 0 Å². The van der Waals surface area contributed by atoms with Gasteiger partial charge < -0.3 is 5.43 Å². The molecule has 1 N–H and O–H groups in total. The van der Waals surface area contributed by atoms with E-state index in [1.54, 1.807) is 10.9 Å². The molecule has 0 unspecified atom stereocenters. The van der Waals surface area contributed by atoms with Crippen molar-refractivity contribution >= 4 is 11.0 Å². The Labute approximate surface area is 113 Å². The van der Waals surface area contributed by atoms with Crippen LogP contribution in [0.2, 0.25) is 0 Å². The van der Waals surface area contributed by atoms with Crippen LogP contribution in [0.5, 0.6) is 0 Å². The summed E-state index contributed by atoms with van der Waals surface area (Å²) < 4.78 is 1.60. The monoisotopic (exact) mass is 259 g/mol. The minimum atomic E-state index is 0.0219. The van der Waals surface area contributed by atoms with Crippen LogP contribution in [0.25, 0.3) is 11.0 Å². The lowest BCUT2D eigenvalue weighted by Gasteiger charge is -2.15. The maximum atomic E-state index is 12.4. The predicted octanol–water partition coefficient (Wildman–Crippen LogP) is 2.55. The highest BCUT2D eigenvalue weighted by Gasteiger charge is 2.09. The fourth-order valence-corrected chi connectivity index (χ4v) is 2.07. The van der Waals surface area contributed by atoms with Gasteiger partial charge in [0.2, 0.25) is 0 Å². The summed E-state index contributed by atoms with van der Waals surface area (Å²) in [5, 5.41) is 1.00. The van der Waals surface area contributed by atoms with Crippen LogP contribution in [0.15, 0.2) is 29.2 Å². The molecule has 0 atom stereocenters. The molecule has 0 saturated heterocycles. The molecule has 2 aromatic heterocycles. The van der Waals surface area contributed by atoms with E-state index in [1.807, 2.05) is 18.2 Å². The lowest BCUT2D eigenvalue weighted by molar-refractivity contribution is 0.637. The van der Waals surface area contributed by atoms with Crippen molar-refractivity contribution < 1.29 is 0 Å². The highest BCUT2D eigenvalue weighted by molar-refractivity contribution is 5.75. The Hall–Kier alpha value is -1.84. The van der Waals surface area contributed by atoms with Crippen molar-refractivity contribution in [2.24, 2.45) is 5.92 Å². The smallest absolute Gasteiger partial charge is 0.274 e. The summed E-state index contributed by atoms with van der Waals surface area (Å²) in [5.41, 5.74) is 4.77. The van der Waals surface area contributed by atoms with E-state index >= 15 is 0 Å². The maximum absolute atomic E-state index is 12.4. The Morgan fingerprint density at radius 2 is 2.21 bits per heavy atom. The number of pyridine rings is 2. The summed E-state index contributed by atoms with van der Waals surface area (Å²) in [6.45, 7) is 7.06. The molecular formula is C15H21N3O. The van der Waals surface area contributed by atoms with Gasteiger partial charge in [-0.2, -0.15) is 0 Å². The van der Waals surface area contributed by atoms with Crippen LogP contribution in [-0.4, -0.2) is 16.2 Å².